The van der Waals surface area contributed by atoms with Gasteiger partial charge in [-0.1, -0.05) is 17.7 Å². The molecule has 9 heteroatoms. The smallest absolute Gasteiger partial charge is 0.294 e. The summed E-state index contributed by atoms with van der Waals surface area (Å²) in [5, 5.41) is 2.88. The Hall–Kier alpha value is -1.71. The fourth-order valence-electron chi connectivity index (χ4n) is 0.883. The fraction of sp³-hybridized carbons (Fsp3) is 0.200. The lowest BCUT2D eigenvalue weighted by Crippen LogP contribution is -2.26. The van der Waals surface area contributed by atoms with Gasteiger partial charge >= 0.3 is 0 Å². The van der Waals surface area contributed by atoms with E-state index in [0.717, 1.165) is 5.56 Å². The van der Waals surface area contributed by atoms with Gasteiger partial charge in [-0.3, -0.25) is 4.55 Å². The molecule has 0 heterocycles. The molecule has 6 N–H and O–H groups in total. The molecule has 0 aromatic heterocycles. The Morgan fingerprint density at radius 3 is 2.05 bits per heavy atom. The number of nitrogens with zero attached hydrogens (tertiary/aromatic N) is 1. The van der Waals surface area contributed by atoms with Crippen LogP contribution in [0, 0.1) is 6.92 Å². The van der Waals surface area contributed by atoms with Crippen molar-refractivity contribution in [2.75, 3.05) is 7.05 Å². The van der Waals surface area contributed by atoms with Crippen LogP contribution in [0.1, 0.15) is 5.56 Å². The monoisotopic (exact) mass is 304 g/mol. The summed E-state index contributed by atoms with van der Waals surface area (Å²) >= 11 is 4.57. The van der Waals surface area contributed by atoms with Crippen LogP contribution in [0.2, 0.25) is 0 Å². The molecule has 0 atom stereocenters. The second kappa shape index (κ2) is 7.67. The number of benzene rings is 1. The highest BCUT2D eigenvalue weighted by atomic mass is 32.2. The van der Waals surface area contributed by atoms with Crippen LogP contribution < -0.4 is 16.8 Å². The molecule has 0 amide bonds. The van der Waals surface area contributed by atoms with Gasteiger partial charge in [0.25, 0.3) is 10.1 Å². The lowest BCUT2D eigenvalue weighted by molar-refractivity contribution is 0.483. The second-order valence-electron chi connectivity index (χ2n) is 3.38. The molecule has 7 nitrogen and oxygen atoms in total. The third-order valence-electron chi connectivity index (χ3n) is 1.76. The third-order valence-corrected chi connectivity index (χ3v) is 2.93. The molecule has 0 saturated carbocycles. The van der Waals surface area contributed by atoms with Gasteiger partial charge in [0.2, 0.25) is 0 Å². The number of guanidine groups is 1. The van der Waals surface area contributed by atoms with Gasteiger partial charge in [0.05, 0.1) is 4.90 Å². The van der Waals surface area contributed by atoms with E-state index in [0.29, 0.717) is 5.11 Å². The predicted molar refractivity (Wildman–Crippen MR) is 78.5 cm³/mol. The van der Waals surface area contributed by atoms with E-state index >= 15 is 0 Å². The maximum absolute atomic E-state index is 10.5. The molecule has 0 aliphatic rings. The van der Waals surface area contributed by atoms with Crippen LogP contribution in [-0.2, 0) is 10.1 Å². The van der Waals surface area contributed by atoms with E-state index in [1.54, 1.807) is 19.2 Å². The van der Waals surface area contributed by atoms with Crippen molar-refractivity contribution in [1.29, 1.82) is 0 Å². The van der Waals surface area contributed by atoms with Crippen molar-refractivity contribution in [3.8, 4) is 0 Å². The molecule has 0 saturated heterocycles. The summed E-state index contributed by atoms with van der Waals surface area (Å²) in [7, 11) is -2.37. The van der Waals surface area contributed by atoms with Crippen molar-refractivity contribution in [1.82, 2.24) is 5.32 Å². The Kier molecular flexibility index (Phi) is 6.98. The first-order valence-corrected chi connectivity index (χ1v) is 6.87. The molecule has 0 radical (unpaired) electrons. The standard InChI is InChI=1S/C7H8O3S.C3H8N4S/c1-6-2-4-7(5-3-6)11(8,9)10;1-6-3(8)7-2(4)5/h2-5H,1H3,(H,8,9,10);1H3,(H5,4,5,6,7,8). The van der Waals surface area contributed by atoms with Crippen molar-refractivity contribution in [2.45, 2.75) is 11.8 Å². The average Bonchev–Trinajstić information content (AvgIpc) is 2.28. The number of hydrogen-bond acceptors (Lipinski definition) is 3. The zero-order valence-electron chi connectivity index (χ0n) is 10.5. The number of nitrogens with two attached hydrogens (primary N) is 2. The van der Waals surface area contributed by atoms with Gasteiger partial charge in [-0.05, 0) is 31.3 Å². The minimum absolute atomic E-state index is 0.0237. The van der Waals surface area contributed by atoms with Crippen LogP contribution in [0.4, 0.5) is 0 Å². The van der Waals surface area contributed by atoms with E-state index in [1.807, 2.05) is 6.92 Å². The molecule has 19 heavy (non-hydrogen) atoms. The average molecular weight is 304 g/mol. The van der Waals surface area contributed by atoms with E-state index in [4.69, 9.17) is 16.0 Å². The number of aliphatic imine (C=N–C) groups is 1. The minimum atomic E-state index is -4.02. The van der Waals surface area contributed by atoms with E-state index in [2.05, 4.69) is 22.5 Å². The van der Waals surface area contributed by atoms with Crippen molar-refractivity contribution < 1.29 is 13.0 Å². The minimum Gasteiger partial charge on any atom is -0.370 e. The Bertz CT molecular complexity index is 549. The molecule has 1 aromatic rings. The normalized spacial score (nSPS) is 9.84. The quantitative estimate of drug-likeness (QED) is 0.249. The van der Waals surface area contributed by atoms with Crippen molar-refractivity contribution in [3.05, 3.63) is 29.8 Å². The first-order valence-electron chi connectivity index (χ1n) is 5.02. The van der Waals surface area contributed by atoms with Gasteiger partial charge in [0, 0.05) is 7.05 Å². The van der Waals surface area contributed by atoms with Gasteiger partial charge in [0.15, 0.2) is 11.1 Å². The van der Waals surface area contributed by atoms with Crippen LogP contribution in [0.15, 0.2) is 34.2 Å². The molecule has 0 fully saturated rings. The van der Waals surface area contributed by atoms with Crippen LogP contribution in [0.3, 0.4) is 0 Å². The summed E-state index contributed by atoms with van der Waals surface area (Å²) < 4.78 is 29.6. The van der Waals surface area contributed by atoms with Gasteiger partial charge in [0.1, 0.15) is 0 Å². The van der Waals surface area contributed by atoms with E-state index in [1.165, 1.54) is 12.1 Å². The molecular weight excluding hydrogens is 288 g/mol. The molecule has 0 aliphatic heterocycles. The van der Waals surface area contributed by atoms with E-state index < -0.39 is 10.1 Å². The SMILES string of the molecule is CNC(=S)N=C(N)N.Cc1ccc(S(=O)(=O)O)cc1. The zero-order valence-corrected chi connectivity index (χ0v) is 12.1. The molecule has 0 unspecified atom stereocenters. The third kappa shape index (κ3) is 8.08. The van der Waals surface area contributed by atoms with Gasteiger partial charge < -0.3 is 16.8 Å². The predicted octanol–water partition coefficient (Wildman–Crippen LogP) is 0.00582. The largest absolute Gasteiger partial charge is 0.370 e. The van der Waals surface area contributed by atoms with Crippen LogP contribution in [-0.4, -0.2) is 31.1 Å². The number of nitrogens with one attached hydrogen (secondary N) is 1. The van der Waals surface area contributed by atoms with Crippen molar-refractivity contribution in [2.24, 2.45) is 16.5 Å². The Balaban J connectivity index is 0.000000362. The highest BCUT2D eigenvalue weighted by Gasteiger charge is 2.06. The second-order valence-corrected chi connectivity index (χ2v) is 5.19. The number of rotatable bonds is 1. The fourth-order valence-corrected chi connectivity index (χ4v) is 1.47. The summed E-state index contributed by atoms with van der Waals surface area (Å²) in [5.41, 5.74) is 10.9. The van der Waals surface area contributed by atoms with Crippen LogP contribution in [0.5, 0.6) is 0 Å². The Morgan fingerprint density at radius 1 is 1.32 bits per heavy atom. The summed E-state index contributed by atoms with van der Waals surface area (Å²) in [6, 6.07) is 5.99. The van der Waals surface area contributed by atoms with Crippen molar-refractivity contribution >= 4 is 33.4 Å². The van der Waals surface area contributed by atoms with Crippen LogP contribution >= 0.6 is 12.2 Å². The van der Waals surface area contributed by atoms with Gasteiger partial charge in [-0.2, -0.15) is 13.4 Å². The Morgan fingerprint density at radius 2 is 1.79 bits per heavy atom. The maximum atomic E-state index is 10.5. The highest BCUT2D eigenvalue weighted by Crippen LogP contribution is 2.08. The lowest BCUT2D eigenvalue weighted by Gasteiger charge is -1.95. The van der Waals surface area contributed by atoms with Crippen molar-refractivity contribution in [3.63, 3.8) is 0 Å². The topological polar surface area (TPSA) is 131 Å². The molecule has 0 spiro atoms. The summed E-state index contributed by atoms with van der Waals surface area (Å²) in [5.74, 6) is -0.0237. The molecule has 0 bridgehead atoms. The summed E-state index contributed by atoms with van der Waals surface area (Å²) in [6.07, 6.45) is 0. The summed E-state index contributed by atoms with van der Waals surface area (Å²) in [6.45, 7) is 1.84. The maximum Gasteiger partial charge on any atom is 0.294 e. The van der Waals surface area contributed by atoms with E-state index in [9.17, 15) is 8.42 Å². The number of hydrogen-bond donors (Lipinski definition) is 4. The van der Waals surface area contributed by atoms with Gasteiger partial charge in [-0.25, -0.2) is 0 Å². The summed E-state index contributed by atoms with van der Waals surface area (Å²) in [4.78, 5) is 3.42. The number of aryl methyl sites for hydroxylation is 1. The van der Waals surface area contributed by atoms with E-state index in [-0.39, 0.29) is 10.9 Å². The lowest BCUT2D eigenvalue weighted by atomic mass is 10.2. The van der Waals surface area contributed by atoms with Gasteiger partial charge in [-0.15, -0.1) is 0 Å². The molecule has 1 rings (SSSR count). The molecular formula is C10H16N4O3S2. The molecule has 1 aromatic carbocycles. The molecule has 106 valence electrons. The first-order chi connectivity index (χ1) is 8.66. The molecule has 0 aliphatic carbocycles. The Labute approximate surface area is 117 Å². The highest BCUT2D eigenvalue weighted by molar-refractivity contribution is 7.85. The number of thiocarbonyl (C=S) groups is 1. The first kappa shape index (κ1) is 17.3. The van der Waals surface area contributed by atoms with Crippen LogP contribution in [0.25, 0.3) is 0 Å². The zero-order chi connectivity index (χ0) is 15.1.